The molecule has 0 unspecified atom stereocenters. The van der Waals surface area contributed by atoms with E-state index in [1.807, 2.05) is 16.8 Å². The summed E-state index contributed by atoms with van der Waals surface area (Å²) in [6, 6.07) is 5.67. The average molecular weight is 625 g/mol. The summed E-state index contributed by atoms with van der Waals surface area (Å²) in [5.74, 6) is 0.368. The number of benzene rings is 1. The summed E-state index contributed by atoms with van der Waals surface area (Å²) in [7, 11) is 0. The molecule has 0 spiro atoms. The Balaban J connectivity index is 1.05. The second-order valence-corrected chi connectivity index (χ2v) is 9.97. The molecule has 242 valence electrons. The van der Waals surface area contributed by atoms with Crippen LogP contribution in [0.2, 0.25) is 0 Å². The lowest BCUT2D eigenvalue weighted by molar-refractivity contribution is -0.121. The maximum absolute atomic E-state index is 12.0. The van der Waals surface area contributed by atoms with Crippen molar-refractivity contribution in [3.05, 3.63) is 35.0 Å². The van der Waals surface area contributed by atoms with Gasteiger partial charge in [-0.05, 0) is 56.1 Å². The van der Waals surface area contributed by atoms with Crippen LogP contribution < -0.4 is 22.1 Å². The first-order valence-corrected chi connectivity index (χ1v) is 14.9. The first kappa shape index (κ1) is 33.4. The molecular formula is C28H40N12O5. The molecule has 0 aliphatic carbocycles. The number of anilines is 2. The molecule has 17 nitrogen and oxygen atoms in total. The van der Waals surface area contributed by atoms with Gasteiger partial charge < -0.3 is 40.7 Å². The fourth-order valence-corrected chi connectivity index (χ4v) is 4.53. The molecule has 0 bridgehead atoms. The number of hydrogen-bond acceptors (Lipinski definition) is 13. The summed E-state index contributed by atoms with van der Waals surface area (Å²) in [6.45, 7) is 5.57. The van der Waals surface area contributed by atoms with Crippen LogP contribution in [0, 0.1) is 0 Å². The SMILES string of the molecule is [N-]=[N+]=NCCOCCOCCOCCNC(=O)CCCNCCCCn1nc(-c2ccc3oc(N)nc3c2)c2c(N)ncnc21. The van der Waals surface area contributed by atoms with E-state index in [0.717, 1.165) is 37.9 Å². The van der Waals surface area contributed by atoms with E-state index in [-0.39, 0.29) is 11.9 Å². The van der Waals surface area contributed by atoms with Gasteiger partial charge in [0, 0.05) is 36.5 Å². The summed E-state index contributed by atoms with van der Waals surface area (Å²) in [5.41, 5.74) is 23.5. The summed E-state index contributed by atoms with van der Waals surface area (Å²) in [5, 5.41) is 15.1. The number of nitrogens with zero attached hydrogens (tertiary/aromatic N) is 8. The predicted molar refractivity (Wildman–Crippen MR) is 168 cm³/mol. The van der Waals surface area contributed by atoms with Crippen LogP contribution in [0.4, 0.5) is 11.8 Å². The number of nitrogens with one attached hydrogen (secondary N) is 2. The number of ether oxygens (including phenoxy) is 3. The Kier molecular flexibility index (Phi) is 13.6. The quantitative estimate of drug-likeness (QED) is 0.0427. The lowest BCUT2D eigenvalue weighted by atomic mass is 10.1. The van der Waals surface area contributed by atoms with Crippen LogP contribution in [-0.2, 0) is 25.5 Å². The number of hydrogen-bond donors (Lipinski definition) is 4. The molecule has 6 N–H and O–H groups in total. The predicted octanol–water partition coefficient (Wildman–Crippen LogP) is 2.43. The van der Waals surface area contributed by atoms with Crippen LogP contribution in [0.5, 0.6) is 0 Å². The van der Waals surface area contributed by atoms with Crippen molar-refractivity contribution in [1.82, 2.24) is 35.4 Å². The first-order valence-electron chi connectivity index (χ1n) is 14.9. The Morgan fingerprint density at radius 2 is 1.78 bits per heavy atom. The van der Waals surface area contributed by atoms with Gasteiger partial charge in [-0.2, -0.15) is 10.1 Å². The number of unbranched alkanes of at least 4 members (excludes halogenated alkanes) is 1. The van der Waals surface area contributed by atoms with Crippen molar-refractivity contribution in [2.45, 2.75) is 32.2 Å². The van der Waals surface area contributed by atoms with Gasteiger partial charge in [-0.15, -0.1) is 0 Å². The molecule has 0 saturated carbocycles. The third-order valence-corrected chi connectivity index (χ3v) is 6.68. The van der Waals surface area contributed by atoms with Crippen molar-refractivity contribution in [2.24, 2.45) is 5.11 Å². The van der Waals surface area contributed by atoms with Gasteiger partial charge in [0.15, 0.2) is 11.2 Å². The molecule has 0 fully saturated rings. The molecule has 45 heavy (non-hydrogen) atoms. The monoisotopic (exact) mass is 624 g/mol. The van der Waals surface area contributed by atoms with Crippen LogP contribution in [0.1, 0.15) is 25.7 Å². The van der Waals surface area contributed by atoms with Gasteiger partial charge in [0.05, 0.1) is 45.0 Å². The lowest BCUT2D eigenvalue weighted by Gasteiger charge is -2.08. The Morgan fingerprint density at radius 1 is 1.00 bits per heavy atom. The van der Waals surface area contributed by atoms with Gasteiger partial charge in [0.25, 0.3) is 6.01 Å². The molecular weight excluding hydrogens is 584 g/mol. The van der Waals surface area contributed by atoms with E-state index in [1.165, 1.54) is 6.33 Å². The highest BCUT2D eigenvalue weighted by molar-refractivity contribution is 5.99. The van der Waals surface area contributed by atoms with Gasteiger partial charge in [-0.25, -0.2) is 14.6 Å². The minimum absolute atomic E-state index is 0.00308. The molecule has 3 heterocycles. The van der Waals surface area contributed by atoms with E-state index in [2.05, 4.69) is 35.6 Å². The van der Waals surface area contributed by atoms with E-state index < -0.39 is 0 Å². The third kappa shape index (κ3) is 10.5. The summed E-state index contributed by atoms with van der Waals surface area (Å²) >= 11 is 0. The van der Waals surface area contributed by atoms with Gasteiger partial charge >= 0.3 is 0 Å². The number of azide groups is 1. The van der Waals surface area contributed by atoms with Crippen molar-refractivity contribution >= 4 is 39.9 Å². The molecule has 17 heteroatoms. The Labute approximate surface area is 259 Å². The van der Waals surface area contributed by atoms with Gasteiger partial charge in [0.2, 0.25) is 5.91 Å². The highest BCUT2D eigenvalue weighted by atomic mass is 16.5. The number of nitrogen functional groups attached to an aromatic ring is 2. The third-order valence-electron chi connectivity index (χ3n) is 6.68. The summed E-state index contributed by atoms with van der Waals surface area (Å²) < 4.78 is 23.3. The van der Waals surface area contributed by atoms with Crippen LogP contribution in [0.25, 0.3) is 43.8 Å². The molecule has 3 aromatic heterocycles. The zero-order chi connectivity index (χ0) is 31.7. The maximum Gasteiger partial charge on any atom is 0.292 e. The van der Waals surface area contributed by atoms with Crippen LogP contribution >= 0.6 is 0 Å². The van der Waals surface area contributed by atoms with Crippen LogP contribution in [0.3, 0.4) is 0 Å². The normalized spacial score (nSPS) is 11.3. The van der Waals surface area contributed by atoms with Crippen molar-refractivity contribution in [2.75, 3.05) is 77.3 Å². The minimum Gasteiger partial charge on any atom is -0.424 e. The van der Waals surface area contributed by atoms with Crippen molar-refractivity contribution in [1.29, 1.82) is 0 Å². The number of aromatic nitrogens is 5. The molecule has 1 aromatic carbocycles. The molecule has 0 radical (unpaired) electrons. The number of amides is 1. The van der Waals surface area contributed by atoms with Gasteiger partial charge in [-0.3, -0.25) is 4.79 Å². The minimum atomic E-state index is 0.00308. The van der Waals surface area contributed by atoms with E-state index >= 15 is 0 Å². The topological polar surface area (TPSA) is 239 Å². The van der Waals surface area contributed by atoms with E-state index in [4.69, 9.17) is 40.7 Å². The zero-order valence-electron chi connectivity index (χ0n) is 25.2. The first-order chi connectivity index (χ1) is 22.1. The van der Waals surface area contributed by atoms with Crippen molar-refractivity contribution in [3.8, 4) is 11.3 Å². The van der Waals surface area contributed by atoms with E-state index in [9.17, 15) is 4.79 Å². The Morgan fingerprint density at radius 3 is 2.60 bits per heavy atom. The van der Waals surface area contributed by atoms with Gasteiger partial charge in [-0.1, -0.05) is 5.11 Å². The van der Waals surface area contributed by atoms with Crippen molar-refractivity contribution < 1.29 is 23.4 Å². The van der Waals surface area contributed by atoms with Crippen LogP contribution in [0.15, 0.2) is 34.1 Å². The highest BCUT2D eigenvalue weighted by Gasteiger charge is 2.18. The fraction of sp³-hybridized carbons (Fsp3) is 0.536. The molecule has 4 rings (SSSR count). The van der Waals surface area contributed by atoms with E-state index in [1.54, 1.807) is 6.07 Å². The number of carbonyl (C=O) groups is 1. The zero-order valence-corrected chi connectivity index (χ0v) is 25.2. The van der Waals surface area contributed by atoms with Crippen molar-refractivity contribution in [3.63, 3.8) is 0 Å². The molecule has 4 aromatic rings. The highest BCUT2D eigenvalue weighted by Crippen LogP contribution is 2.32. The summed E-state index contributed by atoms with van der Waals surface area (Å²) in [6.07, 6.45) is 4.45. The Bertz CT molecular complexity index is 1550. The largest absolute Gasteiger partial charge is 0.424 e. The molecule has 0 saturated heterocycles. The number of nitrogens with two attached hydrogens (primary N) is 2. The molecule has 0 aliphatic heterocycles. The second kappa shape index (κ2) is 18.3. The number of aryl methyl sites for hydroxylation is 1. The second-order valence-electron chi connectivity index (χ2n) is 9.97. The van der Waals surface area contributed by atoms with Crippen LogP contribution in [-0.4, -0.2) is 96.5 Å². The fourth-order valence-electron chi connectivity index (χ4n) is 4.53. The average Bonchev–Trinajstić information content (AvgIpc) is 3.60. The smallest absolute Gasteiger partial charge is 0.292 e. The lowest BCUT2D eigenvalue weighted by Crippen LogP contribution is -2.28. The summed E-state index contributed by atoms with van der Waals surface area (Å²) in [4.78, 5) is 27.5. The molecule has 0 aliphatic rings. The van der Waals surface area contributed by atoms with E-state index in [0.29, 0.717) is 99.3 Å². The Hall–Kier alpha value is -4.54. The molecule has 1 amide bonds. The number of carbonyl (C=O) groups excluding carboxylic acids is 1. The standard InChI is InChI=1S/C28H40N12O5/c29-26-24-25(20-5-6-22-21(18-20)37-28(30)45-22)38-40(27(24)35-19-34-26)11-2-1-7-32-8-3-4-23(41)33-9-12-42-14-16-44-17-15-43-13-10-36-39-31/h5-6,18-19,32H,1-4,7-17H2,(H2,30,37)(H,33,41)(H2,29,34,35). The number of oxazole rings is 1. The number of fused-ring (bicyclic) bond motifs is 2. The molecule has 0 atom stereocenters. The maximum atomic E-state index is 12.0. The number of rotatable bonds is 22. The van der Waals surface area contributed by atoms with Gasteiger partial charge in [0.1, 0.15) is 23.4 Å².